The molecule has 2 rings (SSSR count). The molecule has 2 N–H and O–H groups in total. The van der Waals surface area contributed by atoms with Crippen LogP contribution in [0.2, 0.25) is 0 Å². The van der Waals surface area contributed by atoms with Crippen molar-refractivity contribution in [3.05, 3.63) is 23.9 Å². The maximum Gasteiger partial charge on any atom is 0.131 e. The third-order valence-corrected chi connectivity index (χ3v) is 3.74. The Morgan fingerprint density at radius 2 is 2.42 bits per heavy atom. The van der Waals surface area contributed by atoms with E-state index in [0.717, 1.165) is 38.2 Å². The highest BCUT2D eigenvalue weighted by Crippen LogP contribution is 2.20. The summed E-state index contributed by atoms with van der Waals surface area (Å²) in [5.74, 6) is 1.04. The smallest absolute Gasteiger partial charge is 0.131 e. The molecule has 4 nitrogen and oxygen atoms in total. The van der Waals surface area contributed by atoms with Gasteiger partial charge in [-0.1, -0.05) is 13.0 Å². The molecule has 0 bridgehead atoms. The van der Waals surface area contributed by atoms with Gasteiger partial charge in [0.05, 0.1) is 6.10 Å². The molecule has 106 valence electrons. The van der Waals surface area contributed by atoms with Crippen molar-refractivity contribution in [3.8, 4) is 0 Å². The maximum atomic E-state index is 6.07. The molecule has 1 aromatic rings. The predicted molar refractivity (Wildman–Crippen MR) is 78.5 cm³/mol. The van der Waals surface area contributed by atoms with Crippen LogP contribution in [0.1, 0.15) is 31.7 Å². The van der Waals surface area contributed by atoms with Crippen molar-refractivity contribution < 1.29 is 4.74 Å². The van der Waals surface area contributed by atoms with Gasteiger partial charge in [0.1, 0.15) is 5.82 Å². The van der Waals surface area contributed by atoms with Gasteiger partial charge in [0.15, 0.2) is 0 Å². The van der Waals surface area contributed by atoms with E-state index in [4.69, 9.17) is 10.5 Å². The summed E-state index contributed by atoms with van der Waals surface area (Å²) in [6.45, 7) is 3.93. The zero-order valence-corrected chi connectivity index (χ0v) is 12.0. The Morgan fingerprint density at radius 1 is 1.58 bits per heavy atom. The first-order chi connectivity index (χ1) is 9.20. The molecule has 4 heteroatoms. The normalized spacial score (nSPS) is 20.5. The minimum atomic E-state index is 0.207. The number of pyridine rings is 1. The highest BCUT2D eigenvalue weighted by atomic mass is 16.5. The summed E-state index contributed by atoms with van der Waals surface area (Å²) in [4.78, 5) is 6.72. The van der Waals surface area contributed by atoms with Gasteiger partial charge in [-0.2, -0.15) is 0 Å². The zero-order valence-electron chi connectivity index (χ0n) is 12.0. The lowest BCUT2D eigenvalue weighted by molar-refractivity contribution is 0.116. The summed E-state index contributed by atoms with van der Waals surface area (Å²) in [5.41, 5.74) is 7.30. The third kappa shape index (κ3) is 3.91. The Balaban J connectivity index is 2.04. The van der Waals surface area contributed by atoms with Crippen molar-refractivity contribution in [2.24, 2.45) is 5.73 Å². The Labute approximate surface area is 116 Å². The van der Waals surface area contributed by atoms with E-state index >= 15 is 0 Å². The largest absolute Gasteiger partial charge is 0.376 e. The van der Waals surface area contributed by atoms with Gasteiger partial charge in [-0.3, -0.25) is 0 Å². The first-order valence-corrected chi connectivity index (χ1v) is 7.23. The molecule has 1 saturated heterocycles. The Kier molecular flexibility index (Phi) is 5.16. The van der Waals surface area contributed by atoms with E-state index in [1.807, 2.05) is 12.3 Å². The van der Waals surface area contributed by atoms with Gasteiger partial charge in [-0.15, -0.1) is 0 Å². The Morgan fingerprint density at radius 3 is 3.11 bits per heavy atom. The van der Waals surface area contributed by atoms with Crippen molar-refractivity contribution in [2.45, 2.75) is 44.8 Å². The van der Waals surface area contributed by atoms with Crippen molar-refractivity contribution >= 4 is 5.82 Å². The van der Waals surface area contributed by atoms with Gasteiger partial charge in [-0.25, -0.2) is 4.98 Å². The average Bonchev–Trinajstić information content (AvgIpc) is 2.92. The molecule has 0 radical (unpaired) electrons. The number of hydrogen-bond donors (Lipinski definition) is 1. The lowest BCUT2D eigenvalue weighted by atomic mass is 10.1. The van der Waals surface area contributed by atoms with E-state index in [1.54, 1.807) is 0 Å². The summed E-state index contributed by atoms with van der Waals surface area (Å²) in [6.07, 6.45) is 6.40. The summed E-state index contributed by atoms with van der Waals surface area (Å²) < 4.78 is 5.69. The molecule has 0 aliphatic carbocycles. The van der Waals surface area contributed by atoms with Crippen LogP contribution >= 0.6 is 0 Å². The molecule has 2 unspecified atom stereocenters. The summed E-state index contributed by atoms with van der Waals surface area (Å²) >= 11 is 0. The molecule has 0 aromatic carbocycles. The van der Waals surface area contributed by atoms with Gasteiger partial charge in [0.2, 0.25) is 0 Å². The first kappa shape index (κ1) is 14.3. The highest BCUT2D eigenvalue weighted by molar-refractivity contribution is 5.46. The van der Waals surface area contributed by atoms with Crippen LogP contribution in [-0.4, -0.2) is 37.3 Å². The number of nitrogens with two attached hydrogens (primary N) is 1. The van der Waals surface area contributed by atoms with Crippen LogP contribution in [0.3, 0.4) is 0 Å². The van der Waals surface area contributed by atoms with E-state index in [2.05, 4.69) is 29.9 Å². The Bertz CT molecular complexity index is 391. The van der Waals surface area contributed by atoms with E-state index in [0.29, 0.717) is 6.10 Å². The Hall–Kier alpha value is -1.13. The van der Waals surface area contributed by atoms with E-state index in [-0.39, 0.29) is 6.04 Å². The van der Waals surface area contributed by atoms with Crippen LogP contribution in [0.25, 0.3) is 0 Å². The highest BCUT2D eigenvalue weighted by Gasteiger charge is 2.19. The first-order valence-electron chi connectivity index (χ1n) is 7.23. The lowest BCUT2D eigenvalue weighted by Gasteiger charge is -2.24. The number of anilines is 1. The molecule has 0 spiro atoms. The number of ether oxygens (including phenoxy) is 1. The molecule has 0 saturated carbocycles. The van der Waals surface area contributed by atoms with E-state index in [9.17, 15) is 0 Å². The number of aromatic nitrogens is 1. The van der Waals surface area contributed by atoms with Gasteiger partial charge in [0.25, 0.3) is 0 Å². The predicted octanol–water partition coefficient (Wildman–Crippen LogP) is 1.98. The van der Waals surface area contributed by atoms with Crippen LogP contribution in [-0.2, 0) is 11.2 Å². The van der Waals surface area contributed by atoms with Crippen molar-refractivity contribution in [3.63, 3.8) is 0 Å². The van der Waals surface area contributed by atoms with Crippen molar-refractivity contribution in [2.75, 3.05) is 25.1 Å². The van der Waals surface area contributed by atoms with Gasteiger partial charge in [0, 0.05) is 32.4 Å². The van der Waals surface area contributed by atoms with Gasteiger partial charge >= 0.3 is 0 Å². The number of likely N-dealkylation sites (N-methyl/N-ethyl adjacent to an activating group) is 1. The minimum absolute atomic E-state index is 0.207. The van der Waals surface area contributed by atoms with Crippen molar-refractivity contribution in [1.29, 1.82) is 0 Å². The summed E-state index contributed by atoms with van der Waals surface area (Å²) in [5, 5.41) is 0. The average molecular weight is 263 g/mol. The molecule has 1 aliphatic rings. The molecule has 1 aromatic heterocycles. The van der Waals surface area contributed by atoms with Crippen LogP contribution in [0.5, 0.6) is 0 Å². The van der Waals surface area contributed by atoms with Crippen molar-refractivity contribution in [1.82, 2.24) is 4.98 Å². The van der Waals surface area contributed by atoms with Gasteiger partial charge < -0.3 is 15.4 Å². The molecule has 0 amide bonds. The molecule has 2 heterocycles. The molecular formula is C15H25N3O. The van der Waals surface area contributed by atoms with Crippen LogP contribution in [0.4, 0.5) is 5.82 Å². The second-order valence-electron chi connectivity index (χ2n) is 5.37. The fraction of sp³-hybridized carbons (Fsp3) is 0.667. The van der Waals surface area contributed by atoms with Gasteiger partial charge in [-0.05, 0) is 37.3 Å². The SMILES string of the molecule is CCC(N)Cc1cccnc1N(C)CC1CCCO1. The monoisotopic (exact) mass is 263 g/mol. The fourth-order valence-corrected chi connectivity index (χ4v) is 2.54. The molecule has 1 aliphatic heterocycles. The topological polar surface area (TPSA) is 51.4 Å². The second kappa shape index (κ2) is 6.87. The molecule has 1 fully saturated rings. The second-order valence-corrected chi connectivity index (χ2v) is 5.37. The van der Waals surface area contributed by atoms with E-state index in [1.165, 1.54) is 12.0 Å². The fourth-order valence-electron chi connectivity index (χ4n) is 2.54. The summed E-state index contributed by atoms with van der Waals surface area (Å²) in [7, 11) is 2.09. The van der Waals surface area contributed by atoms with Crippen LogP contribution in [0.15, 0.2) is 18.3 Å². The standard InChI is InChI=1S/C15H25N3O/c1-3-13(16)10-12-6-4-8-17-15(12)18(2)11-14-7-5-9-19-14/h4,6,8,13-14H,3,5,7,9-11,16H2,1-2H3. The van der Waals surface area contributed by atoms with Crippen LogP contribution < -0.4 is 10.6 Å². The van der Waals surface area contributed by atoms with E-state index < -0.39 is 0 Å². The zero-order chi connectivity index (χ0) is 13.7. The minimum Gasteiger partial charge on any atom is -0.376 e. The molecule has 2 atom stereocenters. The molecular weight excluding hydrogens is 238 g/mol. The van der Waals surface area contributed by atoms with Crippen LogP contribution in [0, 0.1) is 0 Å². The summed E-state index contributed by atoms with van der Waals surface area (Å²) in [6, 6.07) is 4.32. The number of rotatable bonds is 6. The molecule has 19 heavy (non-hydrogen) atoms. The maximum absolute atomic E-state index is 6.07. The number of nitrogens with zero attached hydrogens (tertiary/aromatic N) is 2. The third-order valence-electron chi connectivity index (χ3n) is 3.74. The quantitative estimate of drug-likeness (QED) is 0.852. The lowest BCUT2D eigenvalue weighted by Crippen LogP contribution is -2.31. The number of hydrogen-bond acceptors (Lipinski definition) is 4.